The molecule has 0 saturated carbocycles. The fraction of sp³-hybridized carbons (Fsp3) is 0. The van der Waals surface area contributed by atoms with Crippen molar-refractivity contribution in [2.45, 2.75) is 9.79 Å². The van der Waals surface area contributed by atoms with Crippen LogP contribution >= 0.6 is 0 Å². The average Bonchev–Trinajstić information content (AvgIpc) is 2.68. The largest absolute Gasteiger partial charge is 0.218 e. The normalized spacial score (nSPS) is 11.5. The molecule has 25 heavy (non-hydrogen) atoms. The second-order valence-electron chi connectivity index (χ2n) is 5.84. The average molecular weight is 344 g/mol. The molecule has 0 fully saturated rings. The van der Waals surface area contributed by atoms with E-state index in [0.29, 0.717) is 9.79 Å². The highest BCUT2D eigenvalue weighted by Crippen LogP contribution is 2.35. The summed E-state index contributed by atoms with van der Waals surface area (Å²) in [5, 5.41) is 1.68. The minimum atomic E-state index is -3.60. The van der Waals surface area contributed by atoms with Crippen LogP contribution < -0.4 is 0 Å². The van der Waals surface area contributed by atoms with E-state index in [0.717, 1.165) is 21.9 Å². The summed E-state index contributed by atoms with van der Waals surface area (Å²) in [7, 11) is -3.60. The van der Waals surface area contributed by atoms with Gasteiger partial charge >= 0.3 is 0 Å². The number of hydrogen-bond acceptors (Lipinski definition) is 2. The maximum Gasteiger partial charge on any atom is 0.207 e. The van der Waals surface area contributed by atoms with Crippen molar-refractivity contribution in [3.63, 3.8) is 0 Å². The Morgan fingerprint density at radius 3 is 1.84 bits per heavy atom. The van der Waals surface area contributed by atoms with E-state index < -0.39 is 9.84 Å². The number of benzene rings is 4. The zero-order chi connectivity index (χ0) is 17.3. The van der Waals surface area contributed by atoms with Crippen LogP contribution in [0.2, 0.25) is 0 Å². The van der Waals surface area contributed by atoms with Crippen molar-refractivity contribution in [1.82, 2.24) is 0 Å². The number of fused-ring (bicyclic) bond motifs is 1. The van der Waals surface area contributed by atoms with Gasteiger partial charge in [-0.2, -0.15) is 0 Å². The second-order valence-corrected chi connectivity index (χ2v) is 7.76. The summed E-state index contributed by atoms with van der Waals surface area (Å²) in [6, 6.07) is 29.8. The van der Waals surface area contributed by atoms with Crippen molar-refractivity contribution in [2.75, 3.05) is 0 Å². The SMILES string of the molecule is O=S(=O)(c1ccccc1)c1cccc2cccc(-c3ccccc3)c12. The van der Waals surface area contributed by atoms with Crippen LogP contribution in [0.15, 0.2) is 107 Å². The molecule has 0 bridgehead atoms. The topological polar surface area (TPSA) is 34.1 Å². The van der Waals surface area contributed by atoms with E-state index in [1.807, 2.05) is 60.7 Å². The van der Waals surface area contributed by atoms with E-state index in [4.69, 9.17) is 0 Å². The van der Waals surface area contributed by atoms with Crippen molar-refractivity contribution >= 4 is 20.6 Å². The van der Waals surface area contributed by atoms with Gasteiger partial charge < -0.3 is 0 Å². The maximum atomic E-state index is 13.2. The molecule has 4 aromatic carbocycles. The Kier molecular flexibility index (Phi) is 3.86. The van der Waals surface area contributed by atoms with E-state index in [1.165, 1.54) is 0 Å². The summed E-state index contributed by atoms with van der Waals surface area (Å²) in [6.07, 6.45) is 0. The molecule has 122 valence electrons. The fourth-order valence-electron chi connectivity index (χ4n) is 3.12. The molecule has 0 aliphatic rings. The van der Waals surface area contributed by atoms with Crippen LogP contribution in [0.5, 0.6) is 0 Å². The third-order valence-electron chi connectivity index (χ3n) is 4.29. The van der Waals surface area contributed by atoms with Crippen LogP contribution in [-0.2, 0) is 9.84 Å². The summed E-state index contributed by atoms with van der Waals surface area (Å²) >= 11 is 0. The third-order valence-corrected chi connectivity index (χ3v) is 6.11. The van der Waals surface area contributed by atoms with Crippen molar-refractivity contribution in [3.05, 3.63) is 97.1 Å². The third kappa shape index (κ3) is 2.73. The van der Waals surface area contributed by atoms with Crippen molar-refractivity contribution in [1.29, 1.82) is 0 Å². The molecule has 0 atom stereocenters. The number of rotatable bonds is 3. The quantitative estimate of drug-likeness (QED) is 0.503. The fourth-order valence-corrected chi connectivity index (χ4v) is 4.64. The first-order chi connectivity index (χ1) is 12.2. The molecule has 0 N–H and O–H groups in total. The molecule has 0 radical (unpaired) electrons. The summed E-state index contributed by atoms with van der Waals surface area (Å²) in [4.78, 5) is 0.654. The molecule has 4 rings (SSSR count). The molecule has 0 aliphatic heterocycles. The summed E-state index contributed by atoms with van der Waals surface area (Å²) in [5.74, 6) is 0. The van der Waals surface area contributed by atoms with Gasteiger partial charge in [-0.05, 0) is 34.7 Å². The highest BCUT2D eigenvalue weighted by Gasteiger charge is 2.21. The summed E-state index contributed by atoms with van der Waals surface area (Å²) in [5.41, 5.74) is 1.93. The van der Waals surface area contributed by atoms with E-state index >= 15 is 0 Å². The Morgan fingerprint density at radius 1 is 0.560 bits per heavy atom. The number of sulfone groups is 1. The Hall–Kier alpha value is -2.91. The summed E-state index contributed by atoms with van der Waals surface area (Å²) < 4.78 is 26.5. The predicted molar refractivity (Wildman–Crippen MR) is 101 cm³/mol. The van der Waals surface area contributed by atoms with Crippen molar-refractivity contribution in [2.24, 2.45) is 0 Å². The van der Waals surface area contributed by atoms with Gasteiger partial charge in [0.15, 0.2) is 0 Å². The first kappa shape index (κ1) is 15.6. The zero-order valence-corrected chi connectivity index (χ0v) is 14.3. The molecule has 0 aromatic heterocycles. The van der Waals surface area contributed by atoms with Gasteiger partial charge in [0.25, 0.3) is 0 Å². The lowest BCUT2D eigenvalue weighted by molar-refractivity contribution is 0.597. The molecule has 0 heterocycles. The molecular formula is C22H16O2S. The maximum absolute atomic E-state index is 13.2. The van der Waals surface area contributed by atoms with Gasteiger partial charge in [0, 0.05) is 5.39 Å². The molecule has 2 nitrogen and oxygen atoms in total. The molecule has 4 aromatic rings. The van der Waals surface area contributed by atoms with Gasteiger partial charge in [0.2, 0.25) is 9.84 Å². The highest BCUT2D eigenvalue weighted by molar-refractivity contribution is 7.91. The van der Waals surface area contributed by atoms with Gasteiger partial charge in [0.1, 0.15) is 0 Å². The first-order valence-electron chi connectivity index (χ1n) is 8.05. The molecule has 0 spiro atoms. The van der Waals surface area contributed by atoms with Crippen molar-refractivity contribution in [3.8, 4) is 11.1 Å². The van der Waals surface area contributed by atoms with Gasteiger partial charge in [-0.3, -0.25) is 0 Å². The smallest absolute Gasteiger partial charge is 0.207 e. The molecule has 0 amide bonds. The predicted octanol–water partition coefficient (Wildman–Crippen LogP) is 5.34. The van der Waals surface area contributed by atoms with E-state index in [9.17, 15) is 8.42 Å². The number of hydrogen-bond donors (Lipinski definition) is 0. The van der Waals surface area contributed by atoms with E-state index in [1.54, 1.807) is 36.4 Å². The Morgan fingerprint density at radius 2 is 1.16 bits per heavy atom. The monoisotopic (exact) mass is 344 g/mol. The van der Waals surface area contributed by atoms with Gasteiger partial charge in [-0.25, -0.2) is 8.42 Å². The van der Waals surface area contributed by atoms with Crippen LogP contribution in [0, 0.1) is 0 Å². The Labute approximate surface area is 147 Å². The lowest BCUT2D eigenvalue weighted by atomic mass is 9.98. The minimum absolute atomic E-state index is 0.311. The molecule has 3 heteroatoms. The minimum Gasteiger partial charge on any atom is -0.218 e. The van der Waals surface area contributed by atoms with E-state index in [-0.39, 0.29) is 0 Å². The van der Waals surface area contributed by atoms with Crippen LogP contribution in [0.3, 0.4) is 0 Å². The highest BCUT2D eigenvalue weighted by atomic mass is 32.2. The molecular weight excluding hydrogens is 328 g/mol. The van der Waals surface area contributed by atoms with Crippen LogP contribution in [-0.4, -0.2) is 8.42 Å². The Bertz CT molecular complexity index is 1130. The lowest BCUT2D eigenvalue weighted by Crippen LogP contribution is -2.03. The molecule has 0 saturated heterocycles. The molecule has 0 unspecified atom stereocenters. The first-order valence-corrected chi connectivity index (χ1v) is 9.53. The van der Waals surface area contributed by atoms with Gasteiger partial charge in [-0.1, -0.05) is 78.9 Å². The zero-order valence-electron chi connectivity index (χ0n) is 13.5. The van der Waals surface area contributed by atoms with Crippen LogP contribution in [0.4, 0.5) is 0 Å². The summed E-state index contributed by atoms with van der Waals surface area (Å²) in [6.45, 7) is 0. The lowest BCUT2D eigenvalue weighted by Gasteiger charge is -2.13. The van der Waals surface area contributed by atoms with E-state index in [2.05, 4.69) is 0 Å². The van der Waals surface area contributed by atoms with Crippen molar-refractivity contribution < 1.29 is 8.42 Å². The molecule has 0 aliphatic carbocycles. The Balaban J connectivity index is 2.07. The van der Waals surface area contributed by atoms with Crippen LogP contribution in [0.25, 0.3) is 21.9 Å². The van der Waals surface area contributed by atoms with Gasteiger partial charge in [-0.15, -0.1) is 0 Å². The second kappa shape index (κ2) is 6.19. The van der Waals surface area contributed by atoms with Gasteiger partial charge in [0.05, 0.1) is 9.79 Å². The van der Waals surface area contributed by atoms with Crippen LogP contribution in [0.1, 0.15) is 0 Å². The standard InChI is InChI=1S/C22H16O2S/c23-25(24,19-13-5-2-6-14-19)21-16-8-12-18-11-7-15-20(22(18)21)17-9-3-1-4-10-17/h1-16H.